The van der Waals surface area contributed by atoms with Crippen LogP contribution in [0.1, 0.15) is 21.5 Å². The molecule has 27 heavy (non-hydrogen) atoms. The largest absolute Gasteiger partial charge is 0.506 e. The van der Waals surface area contributed by atoms with Crippen molar-refractivity contribution in [3.05, 3.63) is 89.5 Å². The molecule has 3 aromatic carbocycles. The minimum atomic E-state index is -3.93. The fourth-order valence-electron chi connectivity index (χ4n) is 2.61. The molecule has 0 aliphatic rings. The molecule has 3 rings (SSSR count). The first kappa shape index (κ1) is 18.5. The van der Waals surface area contributed by atoms with Crippen LogP contribution in [0.2, 0.25) is 0 Å². The van der Waals surface area contributed by atoms with Crippen molar-refractivity contribution in [3.63, 3.8) is 0 Å². The van der Waals surface area contributed by atoms with Crippen molar-refractivity contribution in [2.24, 2.45) is 5.73 Å². The van der Waals surface area contributed by atoms with Gasteiger partial charge in [-0.3, -0.25) is 9.52 Å². The fraction of sp³-hybridized carbons (Fsp3) is 0.0500. The molecule has 0 fully saturated rings. The van der Waals surface area contributed by atoms with Crippen LogP contribution in [-0.4, -0.2) is 19.4 Å². The highest BCUT2D eigenvalue weighted by Gasteiger charge is 2.17. The summed E-state index contributed by atoms with van der Waals surface area (Å²) in [5, 5.41) is 10.0. The van der Waals surface area contributed by atoms with Gasteiger partial charge in [-0.2, -0.15) is 0 Å². The van der Waals surface area contributed by atoms with E-state index in [0.29, 0.717) is 6.42 Å². The second-order valence-corrected chi connectivity index (χ2v) is 7.69. The van der Waals surface area contributed by atoms with Crippen LogP contribution in [-0.2, 0) is 16.4 Å². The Morgan fingerprint density at radius 3 is 2.22 bits per heavy atom. The Kier molecular flexibility index (Phi) is 5.14. The summed E-state index contributed by atoms with van der Waals surface area (Å²) in [6.45, 7) is 0. The van der Waals surface area contributed by atoms with Gasteiger partial charge >= 0.3 is 0 Å². The van der Waals surface area contributed by atoms with Crippen LogP contribution in [0, 0.1) is 0 Å². The molecule has 0 radical (unpaired) electrons. The van der Waals surface area contributed by atoms with Crippen molar-refractivity contribution in [1.29, 1.82) is 0 Å². The van der Waals surface area contributed by atoms with E-state index in [4.69, 9.17) is 5.73 Å². The molecular formula is C20H18N2O4S. The third-order valence-corrected chi connectivity index (χ3v) is 5.39. The van der Waals surface area contributed by atoms with Crippen LogP contribution in [0.25, 0.3) is 0 Å². The summed E-state index contributed by atoms with van der Waals surface area (Å²) >= 11 is 0. The van der Waals surface area contributed by atoms with E-state index >= 15 is 0 Å². The average Bonchev–Trinajstić information content (AvgIpc) is 2.65. The number of phenolic OH excluding ortho intramolecular Hbond substituents is 1. The Morgan fingerprint density at radius 2 is 1.59 bits per heavy atom. The number of aromatic hydroxyl groups is 1. The van der Waals surface area contributed by atoms with Crippen molar-refractivity contribution in [3.8, 4) is 5.75 Å². The summed E-state index contributed by atoms with van der Waals surface area (Å²) in [5.74, 6) is -0.817. The van der Waals surface area contributed by atoms with Crippen LogP contribution >= 0.6 is 0 Å². The number of hydrogen-bond donors (Lipinski definition) is 3. The SMILES string of the molecule is NC(=O)c1ccc(S(=O)(=O)Nc2cc(Cc3ccccc3)ccc2O)cc1. The molecule has 0 bridgehead atoms. The smallest absolute Gasteiger partial charge is 0.262 e. The minimum Gasteiger partial charge on any atom is -0.506 e. The highest BCUT2D eigenvalue weighted by atomic mass is 32.2. The standard InChI is InChI=1S/C20H18N2O4S/c21-20(24)16-7-9-17(10-8-16)27(25,26)22-18-13-15(6-11-19(18)23)12-14-4-2-1-3-5-14/h1-11,13,22-23H,12H2,(H2,21,24). The van der Waals surface area contributed by atoms with E-state index in [2.05, 4.69) is 4.72 Å². The maximum Gasteiger partial charge on any atom is 0.262 e. The lowest BCUT2D eigenvalue weighted by molar-refractivity contribution is 0.1000. The Morgan fingerprint density at radius 1 is 0.926 bits per heavy atom. The lowest BCUT2D eigenvalue weighted by Gasteiger charge is -2.12. The van der Waals surface area contributed by atoms with Crippen LogP contribution < -0.4 is 10.5 Å². The molecule has 0 atom stereocenters. The number of carbonyl (C=O) groups is 1. The molecule has 0 unspecified atom stereocenters. The van der Waals surface area contributed by atoms with Gasteiger partial charge in [-0.1, -0.05) is 36.4 Å². The zero-order valence-electron chi connectivity index (χ0n) is 14.3. The molecule has 0 aromatic heterocycles. The van der Waals surface area contributed by atoms with Gasteiger partial charge in [0.25, 0.3) is 10.0 Å². The van der Waals surface area contributed by atoms with Gasteiger partial charge in [0.05, 0.1) is 10.6 Å². The van der Waals surface area contributed by atoms with Gasteiger partial charge in [0.15, 0.2) is 0 Å². The number of nitrogens with one attached hydrogen (secondary N) is 1. The maximum absolute atomic E-state index is 12.6. The number of sulfonamides is 1. The Labute approximate surface area is 157 Å². The van der Waals surface area contributed by atoms with Crippen molar-refractivity contribution in [2.45, 2.75) is 11.3 Å². The molecule has 0 heterocycles. The molecule has 0 spiro atoms. The lowest BCUT2D eigenvalue weighted by atomic mass is 10.0. The van der Waals surface area contributed by atoms with E-state index in [1.165, 1.54) is 30.3 Å². The molecule has 6 nitrogen and oxygen atoms in total. The Bertz CT molecular complexity index is 1060. The van der Waals surface area contributed by atoms with E-state index in [1.807, 2.05) is 30.3 Å². The molecule has 7 heteroatoms. The van der Waals surface area contributed by atoms with Crippen molar-refractivity contribution < 1.29 is 18.3 Å². The van der Waals surface area contributed by atoms with Gasteiger partial charge in [-0.25, -0.2) is 8.42 Å². The van der Waals surface area contributed by atoms with Gasteiger partial charge in [0.1, 0.15) is 5.75 Å². The number of benzene rings is 3. The summed E-state index contributed by atoms with van der Waals surface area (Å²) < 4.78 is 27.5. The number of rotatable bonds is 6. The van der Waals surface area contributed by atoms with Gasteiger partial charge in [0, 0.05) is 5.56 Å². The normalized spacial score (nSPS) is 11.1. The molecule has 3 aromatic rings. The van der Waals surface area contributed by atoms with Crippen LogP contribution in [0.5, 0.6) is 5.75 Å². The van der Waals surface area contributed by atoms with Crippen molar-refractivity contribution in [1.82, 2.24) is 0 Å². The monoisotopic (exact) mass is 382 g/mol. The third-order valence-electron chi connectivity index (χ3n) is 4.01. The van der Waals surface area contributed by atoms with Gasteiger partial charge in [-0.15, -0.1) is 0 Å². The number of hydrogen-bond acceptors (Lipinski definition) is 4. The molecule has 0 aliphatic carbocycles. The number of amides is 1. The molecule has 0 saturated carbocycles. The van der Waals surface area contributed by atoms with Crippen LogP contribution in [0.4, 0.5) is 5.69 Å². The highest BCUT2D eigenvalue weighted by Crippen LogP contribution is 2.28. The van der Waals surface area contributed by atoms with E-state index in [-0.39, 0.29) is 21.9 Å². The Balaban J connectivity index is 1.85. The third kappa shape index (κ3) is 4.45. The van der Waals surface area contributed by atoms with Gasteiger partial charge < -0.3 is 10.8 Å². The highest BCUT2D eigenvalue weighted by molar-refractivity contribution is 7.92. The van der Waals surface area contributed by atoms with Gasteiger partial charge in [0.2, 0.25) is 5.91 Å². The van der Waals surface area contributed by atoms with Crippen LogP contribution in [0.15, 0.2) is 77.7 Å². The van der Waals surface area contributed by atoms with E-state index in [0.717, 1.165) is 11.1 Å². The molecule has 0 aliphatic heterocycles. The number of nitrogens with two attached hydrogens (primary N) is 1. The lowest BCUT2D eigenvalue weighted by Crippen LogP contribution is -2.15. The van der Waals surface area contributed by atoms with E-state index in [9.17, 15) is 18.3 Å². The molecule has 4 N–H and O–H groups in total. The predicted octanol–water partition coefficient (Wildman–Crippen LogP) is 2.88. The number of anilines is 1. The summed E-state index contributed by atoms with van der Waals surface area (Å²) in [5.41, 5.74) is 7.37. The second-order valence-electron chi connectivity index (χ2n) is 6.01. The minimum absolute atomic E-state index is 0.0413. The summed E-state index contributed by atoms with van der Waals surface area (Å²) in [4.78, 5) is 11.1. The first-order valence-corrected chi connectivity index (χ1v) is 9.62. The first-order valence-electron chi connectivity index (χ1n) is 8.14. The van der Waals surface area contributed by atoms with Crippen LogP contribution in [0.3, 0.4) is 0 Å². The quantitative estimate of drug-likeness (QED) is 0.569. The number of carbonyl (C=O) groups excluding carboxylic acids is 1. The average molecular weight is 382 g/mol. The maximum atomic E-state index is 12.6. The summed E-state index contributed by atoms with van der Waals surface area (Å²) in [6.07, 6.45) is 0.600. The predicted molar refractivity (Wildman–Crippen MR) is 103 cm³/mol. The number of primary amides is 1. The zero-order valence-corrected chi connectivity index (χ0v) is 15.1. The van der Waals surface area contributed by atoms with Gasteiger partial charge in [-0.05, 0) is 53.9 Å². The Hall–Kier alpha value is -3.32. The fourth-order valence-corrected chi connectivity index (χ4v) is 3.67. The number of phenols is 1. The second kappa shape index (κ2) is 7.51. The molecule has 1 amide bonds. The summed E-state index contributed by atoms with van der Waals surface area (Å²) in [7, 11) is -3.93. The van der Waals surface area contributed by atoms with E-state index < -0.39 is 15.9 Å². The topological polar surface area (TPSA) is 109 Å². The molecule has 138 valence electrons. The first-order chi connectivity index (χ1) is 12.8. The van der Waals surface area contributed by atoms with Crippen molar-refractivity contribution >= 4 is 21.6 Å². The molecule has 0 saturated heterocycles. The molecular weight excluding hydrogens is 364 g/mol. The van der Waals surface area contributed by atoms with Crippen molar-refractivity contribution in [2.75, 3.05) is 4.72 Å². The zero-order chi connectivity index (χ0) is 19.4. The van der Waals surface area contributed by atoms with E-state index in [1.54, 1.807) is 12.1 Å². The summed E-state index contributed by atoms with van der Waals surface area (Å²) in [6, 6.07) is 19.7.